The van der Waals surface area contributed by atoms with E-state index in [0.717, 1.165) is 6.07 Å². The number of aryl methyl sites for hydroxylation is 1. The number of rotatable bonds is 4. The predicted octanol–water partition coefficient (Wildman–Crippen LogP) is 2.69. The third kappa shape index (κ3) is 3.10. The van der Waals surface area contributed by atoms with E-state index < -0.39 is 34.6 Å². The lowest BCUT2D eigenvalue weighted by Gasteiger charge is -2.19. The average molecular weight is 409 g/mol. The molecule has 0 aliphatic heterocycles. The van der Waals surface area contributed by atoms with Crippen molar-refractivity contribution >= 4 is 16.8 Å². The van der Waals surface area contributed by atoms with Crippen molar-refractivity contribution in [1.29, 1.82) is 5.26 Å². The predicted molar refractivity (Wildman–Crippen MR) is 103 cm³/mol. The van der Waals surface area contributed by atoms with Crippen LogP contribution in [0.3, 0.4) is 0 Å². The van der Waals surface area contributed by atoms with Crippen LogP contribution < -0.4 is 10.9 Å². The van der Waals surface area contributed by atoms with Crippen LogP contribution in [0.5, 0.6) is 0 Å². The molecule has 1 fully saturated rings. The van der Waals surface area contributed by atoms with Crippen LogP contribution in [-0.2, 0) is 10.2 Å². The number of nitrogens with zero attached hydrogens (tertiary/aromatic N) is 3. The Kier molecular flexibility index (Phi) is 4.57. The van der Waals surface area contributed by atoms with Crippen LogP contribution in [0.2, 0.25) is 0 Å². The minimum Gasteiger partial charge on any atom is -0.346 e. The van der Waals surface area contributed by atoms with Gasteiger partial charge in [0.15, 0.2) is 17.5 Å². The minimum atomic E-state index is -1.11. The molecule has 1 aliphatic rings. The lowest BCUT2D eigenvalue weighted by atomic mass is 9.94. The van der Waals surface area contributed by atoms with Gasteiger partial charge in [-0.1, -0.05) is 0 Å². The number of fused-ring (bicyclic) bond motifs is 1. The van der Waals surface area contributed by atoms with Gasteiger partial charge in [0, 0.05) is 17.1 Å². The molecule has 7 nitrogen and oxygen atoms in total. The molecule has 1 saturated carbocycles. The normalized spacial score (nSPS) is 15.4. The first kappa shape index (κ1) is 19.6. The summed E-state index contributed by atoms with van der Waals surface area (Å²) in [4.78, 5) is 36.5. The maximum atomic E-state index is 14.2. The van der Waals surface area contributed by atoms with Crippen LogP contribution >= 0.6 is 0 Å². The third-order valence-electron chi connectivity index (χ3n) is 5.47. The number of carbonyl (C=O) groups is 1. The quantitative estimate of drug-likeness (QED) is 0.688. The highest BCUT2D eigenvalue weighted by molar-refractivity contribution is 5.92. The number of pyridine rings is 1. The van der Waals surface area contributed by atoms with E-state index in [1.165, 1.54) is 18.3 Å². The number of hydrogen-bond donors (Lipinski definition) is 2. The van der Waals surface area contributed by atoms with E-state index in [1.807, 2.05) is 6.07 Å². The van der Waals surface area contributed by atoms with Crippen molar-refractivity contribution in [2.75, 3.05) is 0 Å². The highest BCUT2D eigenvalue weighted by atomic mass is 19.2. The minimum absolute atomic E-state index is 0.0808. The largest absolute Gasteiger partial charge is 0.346 e. The van der Waals surface area contributed by atoms with Crippen LogP contribution in [0, 0.1) is 29.9 Å². The molecule has 1 aliphatic carbocycles. The molecule has 0 spiro atoms. The summed E-state index contributed by atoms with van der Waals surface area (Å²) in [6.45, 7) is 3.36. The van der Waals surface area contributed by atoms with E-state index >= 15 is 0 Å². The topological polar surface area (TPSA) is 112 Å². The molecule has 3 aromatic rings. The van der Waals surface area contributed by atoms with E-state index in [0.29, 0.717) is 29.9 Å². The Hall–Kier alpha value is -3.67. The number of amides is 1. The summed E-state index contributed by atoms with van der Waals surface area (Å²) < 4.78 is 27.8. The van der Waals surface area contributed by atoms with Gasteiger partial charge < -0.3 is 10.3 Å². The molecule has 0 saturated heterocycles. The summed E-state index contributed by atoms with van der Waals surface area (Å²) in [5, 5.41) is 11.7. The second-order valence-electron chi connectivity index (χ2n) is 7.45. The Morgan fingerprint density at radius 2 is 2.10 bits per heavy atom. The summed E-state index contributed by atoms with van der Waals surface area (Å²) in [5.41, 5.74) is -0.536. The molecule has 1 aromatic carbocycles. The van der Waals surface area contributed by atoms with Gasteiger partial charge in [0.1, 0.15) is 6.07 Å². The van der Waals surface area contributed by atoms with E-state index in [-0.39, 0.29) is 16.5 Å². The highest BCUT2D eigenvalue weighted by Gasteiger charge is 2.53. The molecular weight excluding hydrogens is 392 g/mol. The number of halogens is 2. The van der Waals surface area contributed by atoms with Crippen molar-refractivity contribution in [3.05, 3.63) is 69.0 Å². The van der Waals surface area contributed by atoms with Crippen LogP contribution in [0.1, 0.15) is 48.5 Å². The van der Waals surface area contributed by atoms with Gasteiger partial charge in [-0.15, -0.1) is 0 Å². The fourth-order valence-corrected chi connectivity index (χ4v) is 3.52. The number of hydrogen-bond acceptors (Lipinski definition) is 5. The average Bonchev–Trinajstić information content (AvgIpc) is 3.52. The van der Waals surface area contributed by atoms with Crippen molar-refractivity contribution in [3.8, 4) is 6.07 Å². The van der Waals surface area contributed by atoms with E-state index in [9.17, 15) is 18.4 Å². The third-order valence-corrected chi connectivity index (χ3v) is 5.47. The molecule has 9 heteroatoms. The van der Waals surface area contributed by atoms with E-state index in [4.69, 9.17) is 5.26 Å². The Bertz CT molecular complexity index is 1290. The molecule has 2 aromatic heterocycles. The highest BCUT2D eigenvalue weighted by Crippen LogP contribution is 2.48. The molecule has 1 amide bonds. The van der Waals surface area contributed by atoms with Crippen LogP contribution in [0.25, 0.3) is 10.9 Å². The molecule has 0 radical (unpaired) electrons. The van der Waals surface area contributed by atoms with Gasteiger partial charge in [0.2, 0.25) is 5.91 Å². The number of aromatic nitrogens is 3. The Balaban J connectivity index is 1.66. The molecule has 2 heterocycles. The second-order valence-corrected chi connectivity index (χ2v) is 7.45. The molecule has 2 N–H and O–H groups in total. The Labute approximate surface area is 169 Å². The second kappa shape index (κ2) is 6.99. The van der Waals surface area contributed by atoms with Crippen molar-refractivity contribution in [3.63, 3.8) is 0 Å². The number of benzene rings is 1. The molecule has 4 rings (SSSR count). The molecule has 0 unspecified atom stereocenters. The smallest absolute Gasteiger partial charge is 0.252 e. The van der Waals surface area contributed by atoms with Gasteiger partial charge in [-0.05, 0) is 44.9 Å². The van der Waals surface area contributed by atoms with Crippen LogP contribution in [0.4, 0.5) is 8.78 Å². The summed E-state index contributed by atoms with van der Waals surface area (Å²) in [7, 11) is 0. The first-order valence-corrected chi connectivity index (χ1v) is 9.33. The van der Waals surface area contributed by atoms with Gasteiger partial charge in [-0.2, -0.15) is 5.26 Å². The summed E-state index contributed by atoms with van der Waals surface area (Å²) in [6.07, 6.45) is 2.20. The Morgan fingerprint density at radius 3 is 2.73 bits per heavy atom. The number of aromatic amines is 1. The van der Waals surface area contributed by atoms with Gasteiger partial charge in [-0.3, -0.25) is 9.59 Å². The first-order valence-electron chi connectivity index (χ1n) is 9.33. The monoisotopic (exact) mass is 409 g/mol. The lowest BCUT2D eigenvalue weighted by Crippen LogP contribution is -2.39. The molecular formula is C21H17F2N5O2. The zero-order valence-electron chi connectivity index (χ0n) is 16.2. The summed E-state index contributed by atoms with van der Waals surface area (Å²) in [6, 6.07) is 4.88. The lowest BCUT2D eigenvalue weighted by molar-refractivity contribution is -0.124. The maximum absolute atomic E-state index is 14.2. The van der Waals surface area contributed by atoms with Crippen molar-refractivity contribution in [1.82, 2.24) is 20.3 Å². The van der Waals surface area contributed by atoms with Crippen molar-refractivity contribution in [2.24, 2.45) is 0 Å². The van der Waals surface area contributed by atoms with Gasteiger partial charge in [0.05, 0.1) is 28.2 Å². The number of H-pyrrole nitrogens is 1. The van der Waals surface area contributed by atoms with Gasteiger partial charge in [0.25, 0.3) is 5.56 Å². The SMILES string of the molecule is Cc1nc([C@H](C)NC(=O)C2(c3cc4c(F)c(F)ccc4[nH]c3=O)CC2)ncc1C#N. The van der Waals surface area contributed by atoms with Crippen molar-refractivity contribution in [2.45, 2.75) is 38.1 Å². The Morgan fingerprint density at radius 1 is 1.37 bits per heavy atom. The number of nitriles is 1. The number of carbonyl (C=O) groups excluding carboxylic acids is 1. The summed E-state index contributed by atoms with van der Waals surface area (Å²) in [5.74, 6) is -2.19. The van der Waals surface area contributed by atoms with E-state index in [2.05, 4.69) is 20.3 Å². The standard InChI is InChI=1S/C21H17F2N5O2/c1-10-12(8-24)9-25-18(26-10)11(2)27-20(30)21(5-6-21)14-7-13-16(28-19(14)29)4-3-15(22)17(13)23/h3-4,7,9,11H,5-6H2,1-2H3,(H,27,30)(H,28,29)/t11-/m0/s1. The van der Waals surface area contributed by atoms with Gasteiger partial charge in [-0.25, -0.2) is 18.7 Å². The first-order chi connectivity index (χ1) is 14.3. The molecule has 30 heavy (non-hydrogen) atoms. The molecule has 152 valence electrons. The zero-order chi connectivity index (χ0) is 21.6. The van der Waals surface area contributed by atoms with Crippen LogP contribution in [0.15, 0.2) is 29.2 Å². The van der Waals surface area contributed by atoms with Crippen LogP contribution in [-0.4, -0.2) is 20.9 Å². The maximum Gasteiger partial charge on any atom is 0.252 e. The van der Waals surface area contributed by atoms with E-state index in [1.54, 1.807) is 13.8 Å². The van der Waals surface area contributed by atoms with Crippen molar-refractivity contribution < 1.29 is 13.6 Å². The number of nitrogens with one attached hydrogen (secondary N) is 2. The summed E-state index contributed by atoms with van der Waals surface area (Å²) >= 11 is 0. The fraction of sp³-hybridized carbons (Fsp3) is 0.286. The fourth-order valence-electron chi connectivity index (χ4n) is 3.52. The van der Waals surface area contributed by atoms with Gasteiger partial charge >= 0.3 is 0 Å². The molecule has 0 bridgehead atoms. The molecule has 1 atom stereocenters. The zero-order valence-corrected chi connectivity index (χ0v) is 16.2.